The summed E-state index contributed by atoms with van der Waals surface area (Å²) in [6, 6.07) is 9.82. The molecule has 0 fully saturated rings. The van der Waals surface area contributed by atoms with Crippen LogP contribution in [0.1, 0.15) is 39.9 Å². The molecule has 1 aliphatic carbocycles. The van der Waals surface area contributed by atoms with E-state index in [-0.39, 0.29) is 29.1 Å². The molecule has 0 bridgehead atoms. The predicted molar refractivity (Wildman–Crippen MR) is 99.4 cm³/mol. The third-order valence-electron chi connectivity index (χ3n) is 5.36. The van der Waals surface area contributed by atoms with Gasteiger partial charge >= 0.3 is 5.97 Å². The van der Waals surface area contributed by atoms with Crippen molar-refractivity contribution in [2.75, 3.05) is 12.4 Å². The maximum atomic E-state index is 11.3. The molecule has 27 heavy (non-hydrogen) atoms. The summed E-state index contributed by atoms with van der Waals surface area (Å²) in [7, 11) is 1.49. The van der Waals surface area contributed by atoms with Gasteiger partial charge in [-0.25, -0.2) is 4.79 Å². The number of anilines is 1. The standard InChI is InChI=1S/C20H18N2O5/c1-27-17-10-13(22(25)26)9-16-14-3-2-4-15(14)18(21-19(16)17)11-5-7-12(8-6-11)20(23)24/h2-3,5-10,14-15,18,21H,4H2,1H3,(H,23,24)/t14-,15+,18?/m1/s1. The zero-order chi connectivity index (χ0) is 19.1. The number of nitro benzene ring substituents is 1. The van der Waals surface area contributed by atoms with E-state index in [1.165, 1.54) is 13.2 Å². The lowest BCUT2D eigenvalue weighted by atomic mass is 9.76. The molecule has 1 aliphatic heterocycles. The number of non-ortho nitro benzene ring substituents is 1. The highest BCUT2D eigenvalue weighted by atomic mass is 16.6. The number of nitro groups is 1. The minimum absolute atomic E-state index is 0.00992. The number of carbonyl (C=O) groups is 1. The summed E-state index contributed by atoms with van der Waals surface area (Å²) in [5, 5.41) is 23.9. The van der Waals surface area contributed by atoms with Crippen molar-refractivity contribution in [3.8, 4) is 5.75 Å². The first-order valence-electron chi connectivity index (χ1n) is 8.62. The van der Waals surface area contributed by atoms with Crippen molar-refractivity contribution < 1.29 is 19.6 Å². The Morgan fingerprint density at radius 3 is 2.67 bits per heavy atom. The number of carboxylic acid groups (broad SMARTS) is 1. The maximum Gasteiger partial charge on any atom is 0.335 e. The number of ether oxygens (including phenoxy) is 1. The third-order valence-corrected chi connectivity index (χ3v) is 5.36. The monoisotopic (exact) mass is 366 g/mol. The molecule has 2 N–H and O–H groups in total. The average Bonchev–Trinajstić information content (AvgIpc) is 3.16. The Morgan fingerprint density at radius 1 is 1.30 bits per heavy atom. The van der Waals surface area contributed by atoms with Crippen LogP contribution in [0.2, 0.25) is 0 Å². The van der Waals surface area contributed by atoms with E-state index in [2.05, 4.69) is 17.5 Å². The minimum Gasteiger partial charge on any atom is -0.494 e. The quantitative estimate of drug-likeness (QED) is 0.479. The number of allylic oxidation sites excluding steroid dienone is 2. The second-order valence-electron chi connectivity index (χ2n) is 6.77. The Kier molecular flexibility index (Phi) is 4.07. The molecule has 0 saturated carbocycles. The maximum absolute atomic E-state index is 11.3. The van der Waals surface area contributed by atoms with Crippen molar-refractivity contribution in [3.63, 3.8) is 0 Å². The SMILES string of the molecule is COc1cc([N+](=O)[O-])cc2c1NC(c1ccc(C(=O)O)cc1)[C@H]1CC=C[C@@H]21. The number of benzene rings is 2. The molecule has 2 aromatic carbocycles. The van der Waals surface area contributed by atoms with Crippen LogP contribution in [0.4, 0.5) is 11.4 Å². The van der Waals surface area contributed by atoms with Gasteiger partial charge < -0.3 is 15.2 Å². The predicted octanol–water partition coefficient (Wildman–Crippen LogP) is 4.13. The molecular formula is C20H18N2O5. The summed E-state index contributed by atoms with van der Waals surface area (Å²) in [5.41, 5.74) is 2.84. The molecule has 4 rings (SSSR count). The topological polar surface area (TPSA) is 102 Å². The van der Waals surface area contributed by atoms with Crippen molar-refractivity contribution in [1.29, 1.82) is 0 Å². The van der Waals surface area contributed by atoms with Crippen molar-refractivity contribution >= 4 is 17.3 Å². The summed E-state index contributed by atoms with van der Waals surface area (Å²) in [6.07, 6.45) is 5.02. The highest BCUT2D eigenvalue weighted by Gasteiger charge is 2.40. The number of rotatable bonds is 4. The van der Waals surface area contributed by atoms with Gasteiger partial charge in [0, 0.05) is 12.0 Å². The zero-order valence-electron chi connectivity index (χ0n) is 14.6. The largest absolute Gasteiger partial charge is 0.494 e. The highest BCUT2D eigenvalue weighted by Crippen LogP contribution is 2.53. The fraction of sp³-hybridized carbons (Fsp3) is 0.250. The lowest BCUT2D eigenvalue weighted by Crippen LogP contribution is -2.29. The first-order valence-corrected chi connectivity index (χ1v) is 8.62. The summed E-state index contributed by atoms with van der Waals surface area (Å²) in [4.78, 5) is 22.0. The van der Waals surface area contributed by atoms with Crippen molar-refractivity contribution in [2.24, 2.45) is 5.92 Å². The summed E-state index contributed by atoms with van der Waals surface area (Å²) >= 11 is 0. The van der Waals surface area contributed by atoms with Crippen LogP contribution in [0.25, 0.3) is 0 Å². The van der Waals surface area contributed by atoms with Crippen molar-refractivity contribution in [1.82, 2.24) is 0 Å². The number of hydrogen-bond acceptors (Lipinski definition) is 5. The second kappa shape index (κ2) is 6.42. The molecule has 0 amide bonds. The number of methoxy groups -OCH3 is 1. The summed E-state index contributed by atoms with van der Waals surface area (Å²) in [6.45, 7) is 0. The van der Waals surface area contributed by atoms with Gasteiger partial charge in [-0.05, 0) is 35.6 Å². The van der Waals surface area contributed by atoms with Gasteiger partial charge in [0.25, 0.3) is 5.69 Å². The van der Waals surface area contributed by atoms with Gasteiger partial charge in [-0.1, -0.05) is 24.3 Å². The van der Waals surface area contributed by atoms with E-state index < -0.39 is 10.9 Å². The van der Waals surface area contributed by atoms with Crippen molar-refractivity contribution in [2.45, 2.75) is 18.4 Å². The van der Waals surface area contributed by atoms with Gasteiger partial charge in [0.05, 0.1) is 35.4 Å². The molecule has 7 nitrogen and oxygen atoms in total. The smallest absolute Gasteiger partial charge is 0.335 e. The van der Waals surface area contributed by atoms with Gasteiger partial charge in [0.2, 0.25) is 0 Å². The fourth-order valence-electron chi connectivity index (χ4n) is 4.08. The van der Waals surface area contributed by atoms with Crippen LogP contribution in [-0.2, 0) is 0 Å². The van der Waals surface area contributed by atoms with Crippen molar-refractivity contribution in [3.05, 3.63) is 75.4 Å². The van der Waals surface area contributed by atoms with E-state index >= 15 is 0 Å². The van der Waals surface area contributed by atoms with Crippen LogP contribution in [-0.4, -0.2) is 23.1 Å². The number of carboxylic acids is 1. The van der Waals surface area contributed by atoms with Gasteiger partial charge in [0.1, 0.15) is 5.75 Å². The number of nitrogens with zero attached hydrogens (tertiary/aromatic N) is 1. The molecule has 0 spiro atoms. The Morgan fingerprint density at radius 2 is 2.04 bits per heavy atom. The lowest BCUT2D eigenvalue weighted by molar-refractivity contribution is -0.385. The Balaban J connectivity index is 1.79. The molecular weight excluding hydrogens is 348 g/mol. The van der Waals surface area contributed by atoms with Crippen LogP contribution >= 0.6 is 0 Å². The molecule has 2 aromatic rings. The average molecular weight is 366 g/mol. The van der Waals surface area contributed by atoms with Crippen LogP contribution in [0.5, 0.6) is 5.75 Å². The number of aromatic carboxylic acids is 1. The second-order valence-corrected chi connectivity index (χ2v) is 6.77. The van der Waals surface area contributed by atoms with Gasteiger partial charge in [-0.3, -0.25) is 10.1 Å². The molecule has 3 atom stereocenters. The summed E-state index contributed by atoms with van der Waals surface area (Å²) in [5.74, 6) is -0.290. The molecule has 138 valence electrons. The van der Waals surface area contributed by atoms with Gasteiger partial charge in [-0.2, -0.15) is 0 Å². The van der Waals surface area contributed by atoms with Crippen LogP contribution in [0.3, 0.4) is 0 Å². The molecule has 2 aliphatic rings. The summed E-state index contributed by atoms with van der Waals surface area (Å²) < 4.78 is 5.42. The number of nitrogens with one attached hydrogen (secondary N) is 1. The Labute approximate surface area is 155 Å². The van der Waals surface area contributed by atoms with E-state index in [0.717, 1.165) is 23.2 Å². The van der Waals surface area contributed by atoms with E-state index in [1.54, 1.807) is 18.2 Å². The van der Waals surface area contributed by atoms with Crippen LogP contribution in [0, 0.1) is 16.0 Å². The Hall–Kier alpha value is -3.35. The fourth-order valence-corrected chi connectivity index (χ4v) is 4.08. The van der Waals surface area contributed by atoms with E-state index in [0.29, 0.717) is 5.75 Å². The highest BCUT2D eigenvalue weighted by molar-refractivity contribution is 5.87. The van der Waals surface area contributed by atoms with Gasteiger partial charge in [-0.15, -0.1) is 0 Å². The lowest BCUT2D eigenvalue weighted by Gasteiger charge is -2.38. The van der Waals surface area contributed by atoms with E-state index in [1.807, 2.05) is 12.1 Å². The first kappa shape index (κ1) is 17.1. The van der Waals surface area contributed by atoms with Crippen LogP contribution in [0.15, 0.2) is 48.6 Å². The third kappa shape index (κ3) is 2.81. The normalized spacial score (nSPS) is 22.5. The number of hydrogen-bond donors (Lipinski definition) is 2. The minimum atomic E-state index is -0.960. The zero-order valence-corrected chi connectivity index (χ0v) is 14.6. The molecule has 1 unspecified atom stereocenters. The van der Waals surface area contributed by atoms with E-state index in [9.17, 15) is 14.9 Å². The molecule has 0 aromatic heterocycles. The molecule has 7 heteroatoms. The first-order chi connectivity index (χ1) is 13.0. The number of fused-ring (bicyclic) bond motifs is 3. The molecule has 0 radical (unpaired) electrons. The molecule has 0 saturated heterocycles. The van der Waals surface area contributed by atoms with Crippen LogP contribution < -0.4 is 10.1 Å². The van der Waals surface area contributed by atoms with Gasteiger partial charge in [0.15, 0.2) is 0 Å². The molecule has 1 heterocycles. The Bertz CT molecular complexity index is 952. The van der Waals surface area contributed by atoms with E-state index in [4.69, 9.17) is 9.84 Å².